The Hall–Kier alpha value is -1.62. The highest BCUT2D eigenvalue weighted by Gasteiger charge is 2.34. The van der Waals surface area contributed by atoms with E-state index in [1.807, 2.05) is 27.1 Å². The number of esters is 2. The van der Waals surface area contributed by atoms with Gasteiger partial charge in [0.05, 0.1) is 6.61 Å². The van der Waals surface area contributed by atoms with Crippen LogP contribution in [-0.2, 0) is 19.1 Å². The molecule has 0 amide bonds. The maximum atomic E-state index is 12.4. The quantitative estimate of drug-likeness (QED) is 0.0469. The van der Waals surface area contributed by atoms with E-state index in [4.69, 9.17) is 9.47 Å². The van der Waals surface area contributed by atoms with Crippen molar-refractivity contribution in [2.24, 2.45) is 11.8 Å². The van der Waals surface area contributed by atoms with Crippen molar-refractivity contribution in [1.29, 1.82) is 0 Å². The van der Waals surface area contributed by atoms with Crippen LogP contribution in [0.1, 0.15) is 136 Å². The number of nitrogens with zero attached hydrogens (tertiary/aromatic N) is 1. The number of allylic oxidation sites excluding steroid dienone is 2. The third kappa shape index (κ3) is 21.8. The minimum absolute atomic E-state index is 0.0589. The van der Waals surface area contributed by atoms with Gasteiger partial charge < -0.3 is 14.4 Å². The lowest BCUT2D eigenvalue weighted by Gasteiger charge is -2.17. The first-order valence-electron chi connectivity index (χ1n) is 16.3. The zero-order valence-corrected chi connectivity index (χ0v) is 26.0. The van der Waals surface area contributed by atoms with E-state index in [1.165, 1.54) is 76.7 Å². The summed E-state index contributed by atoms with van der Waals surface area (Å²) >= 11 is 0. The van der Waals surface area contributed by atoms with Gasteiger partial charge >= 0.3 is 11.9 Å². The van der Waals surface area contributed by atoms with Crippen molar-refractivity contribution in [2.45, 2.75) is 142 Å². The van der Waals surface area contributed by atoms with Crippen LogP contribution in [-0.4, -0.2) is 50.2 Å². The monoisotopic (exact) mass is 547 g/mol. The van der Waals surface area contributed by atoms with Gasteiger partial charge in [-0.05, 0) is 90.8 Å². The maximum Gasteiger partial charge on any atom is 0.330 e. The Labute approximate surface area is 241 Å². The summed E-state index contributed by atoms with van der Waals surface area (Å²) in [7, 11) is 4.05. The van der Waals surface area contributed by atoms with Crippen LogP contribution >= 0.6 is 0 Å². The second kappa shape index (κ2) is 24.2. The van der Waals surface area contributed by atoms with Crippen LogP contribution in [0.2, 0.25) is 0 Å². The first-order valence-corrected chi connectivity index (χ1v) is 16.3. The Kier molecular flexibility index (Phi) is 22.0. The number of unbranched alkanes of at least 4 members (excludes halogenated alkanes) is 9. The molecule has 39 heavy (non-hydrogen) atoms. The predicted octanol–water partition coefficient (Wildman–Crippen LogP) is 8.81. The molecule has 226 valence electrons. The van der Waals surface area contributed by atoms with E-state index >= 15 is 0 Å². The van der Waals surface area contributed by atoms with Crippen LogP contribution in [0.3, 0.4) is 0 Å². The molecule has 1 aliphatic carbocycles. The van der Waals surface area contributed by atoms with Gasteiger partial charge in [0.25, 0.3) is 0 Å². The molecule has 0 N–H and O–H groups in total. The van der Waals surface area contributed by atoms with Crippen molar-refractivity contribution in [1.82, 2.24) is 4.90 Å². The third-order valence-corrected chi connectivity index (χ3v) is 7.73. The van der Waals surface area contributed by atoms with Crippen molar-refractivity contribution in [3.05, 3.63) is 24.3 Å². The molecule has 1 aliphatic rings. The lowest BCUT2D eigenvalue weighted by atomic mass is 10.0. The van der Waals surface area contributed by atoms with Gasteiger partial charge in [-0.2, -0.15) is 0 Å². The number of carbonyl (C=O) groups is 2. The molecular weight excluding hydrogens is 486 g/mol. The third-order valence-electron chi connectivity index (χ3n) is 7.73. The smallest absolute Gasteiger partial charge is 0.330 e. The summed E-state index contributed by atoms with van der Waals surface area (Å²) in [6.07, 6.45) is 30.1. The van der Waals surface area contributed by atoms with Crippen LogP contribution in [0.15, 0.2) is 24.3 Å². The second-order valence-electron chi connectivity index (χ2n) is 11.8. The van der Waals surface area contributed by atoms with Crippen LogP contribution in [0.4, 0.5) is 0 Å². The molecule has 1 rings (SSSR count). The van der Waals surface area contributed by atoms with E-state index in [0.717, 1.165) is 63.3 Å². The molecule has 0 aromatic carbocycles. The minimum atomic E-state index is -0.280. The Balaban J connectivity index is 2.22. The van der Waals surface area contributed by atoms with Crippen molar-refractivity contribution >= 4 is 11.9 Å². The summed E-state index contributed by atoms with van der Waals surface area (Å²) in [5.74, 6) is 1.67. The normalized spacial score (nSPS) is 17.8. The van der Waals surface area contributed by atoms with Crippen LogP contribution in [0.25, 0.3) is 0 Å². The molecule has 5 nitrogen and oxygen atoms in total. The van der Waals surface area contributed by atoms with Crippen molar-refractivity contribution in [3.8, 4) is 0 Å². The van der Waals surface area contributed by atoms with Gasteiger partial charge in [-0.3, -0.25) is 4.79 Å². The molecule has 0 saturated heterocycles. The molecule has 5 heteroatoms. The summed E-state index contributed by atoms with van der Waals surface area (Å²) in [6.45, 7) is 5.39. The zero-order chi connectivity index (χ0) is 28.6. The topological polar surface area (TPSA) is 55.8 Å². The molecule has 3 atom stereocenters. The van der Waals surface area contributed by atoms with Gasteiger partial charge in [0, 0.05) is 18.9 Å². The SMILES string of the molecule is CCCCCCCCC1CC1CCCC/C=C/CC(CCCC/C=C/C(=O)OCC)OC(=O)CCCN(C)C. The lowest BCUT2D eigenvalue weighted by molar-refractivity contribution is -0.149. The molecule has 0 spiro atoms. The van der Waals surface area contributed by atoms with E-state index < -0.39 is 0 Å². The van der Waals surface area contributed by atoms with Crippen molar-refractivity contribution < 1.29 is 19.1 Å². The van der Waals surface area contributed by atoms with E-state index in [2.05, 4.69) is 24.0 Å². The van der Waals surface area contributed by atoms with E-state index in [1.54, 1.807) is 0 Å². The zero-order valence-electron chi connectivity index (χ0n) is 26.0. The van der Waals surface area contributed by atoms with E-state index in [9.17, 15) is 9.59 Å². The Morgan fingerprint density at radius 2 is 1.49 bits per heavy atom. The fourth-order valence-electron chi connectivity index (χ4n) is 5.25. The van der Waals surface area contributed by atoms with Gasteiger partial charge in [-0.1, -0.05) is 82.9 Å². The van der Waals surface area contributed by atoms with Gasteiger partial charge in [-0.25, -0.2) is 4.79 Å². The number of ether oxygens (including phenoxy) is 2. The molecule has 0 radical (unpaired) electrons. The van der Waals surface area contributed by atoms with Gasteiger partial charge in [-0.15, -0.1) is 0 Å². The summed E-state index contributed by atoms with van der Waals surface area (Å²) < 4.78 is 10.8. The number of rotatable bonds is 26. The molecule has 0 heterocycles. The fraction of sp³-hybridized carbons (Fsp3) is 0.824. The van der Waals surface area contributed by atoms with E-state index in [0.29, 0.717) is 13.0 Å². The molecule has 0 aliphatic heterocycles. The van der Waals surface area contributed by atoms with Crippen LogP contribution < -0.4 is 0 Å². The van der Waals surface area contributed by atoms with Crippen molar-refractivity contribution in [3.63, 3.8) is 0 Å². The standard InChI is InChI=1S/C34H61NO4/c1-5-7-8-9-11-16-22-30-29-31(30)23-17-12-10-13-18-24-32(39-34(37)27-21-28-35(3)4)25-19-14-15-20-26-33(36)38-6-2/h13,18,20,26,30-32H,5-12,14-17,19,21-25,27-29H2,1-4H3/b18-13+,26-20+. The summed E-state index contributed by atoms with van der Waals surface area (Å²) in [4.78, 5) is 25.9. The summed E-state index contributed by atoms with van der Waals surface area (Å²) in [5.41, 5.74) is 0. The highest BCUT2D eigenvalue weighted by atomic mass is 16.5. The van der Waals surface area contributed by atoms with E-state index in [-0.39, 0.29) is 18.0 Å². The van der Waals surface area contributed by atoms with Crippen LogP contribution in [0.5, 0.6) is 0 Å². The van der Waals surface area contributed by atoms with Crippen LogP contribution in [0, 0.1) is 11.8 Å². The average molecular weight is 548 g/mol. The second-order valence-corrected chi connectivity index (χ2v) is 11.8. The predicted molar refractivity (Wildman–Crippen MR) is 164 cm³/mol. The number of hydrogen-bond acceptors (Lipinski definition) is 5. The first kappa shape index (κ1) is 35.4. The summed E-state index contributed by atoms with van der Waals surface area (Å²) in [6, 6.07) is 0. The minimum Gasteiger partial charge on any atom is -0.463 e. The Bertz CT molecular complexity index is 672. The fourth-order valence-corrected chi connectivity index (χ4v) is 5.25. The number of carbonyl (C=O) groups excluding carboxylic acids is 2. The molecule has 1 fully saturated rings. The Morgan fingerprint density at radius 1 is 0.821 bits per heavy atom. The largest absolute Gasteiger partial charge is 0.463 e. The number of hydrogen-bond donors (Lipinski definition) is 0. The van der Waals surface area contributed by atoms with Gasteiger partial charge in [0.15, 0.2) is 0 Å². The first-order chi connectivity index (χ1) is 19.0. The molecule has 0 aromatic rings. The van der Waals surface area contributed by atoms with Gasteiger partial charge in [0.1, 0.15) is 6.10 Å². The highest BCUT2D eigenvalue weighted by Crippen LogP contribution is 2.45. The van der Waals surface area contributed by atoms with Crippen molar-refractivity contribution in [2.75, 3.05) is 27.2 Å². The molecule has 0 bridgehead atoms. The van der Waals surface area contributed by atoms with Gasteiger partial charge in [0.2, 0.25) is 0 Å². The maximum absolute atomic E-state index is 12.4. The highest BCUT2D eigenvalue weighted by molar-refractivity contribution is 5.81. The molecule has 1 saturated carbocycles. The lowest BCUT2D eigenvalue weighted by Crippen LogP contribution is -2.19. The molecule has 3 unspecified atom stereocenters. The molecular formula is C34H61NO4. The Morgan fingerprint density at radius 3 is 2.21 bits per heavy atom. The summed E-state index contributed by atoms with van der Waals surface area (Å²) in [5, 5.41) is 0. The average Bonchev–Trinajstić information content (AvgIpc) is 3.65. The molecule has 0 aromatic heterocycles.